The Balaban J connectivity index is 2.99. The van der Waals surface area contributed by atoms with Gasteiger partial charge >= 0.3 is 0 Å². The molecule has 0 aromatic heterocycles. The molecule has 1 aromatic rings. The summed E-state index contributed by atoms with van der Waals surface area (Å²) in [5, 5.41) is 0.771. The lowest BCUT2D eigenvalue weighted by Crippen LogP contribution is -1.87. The van der Waals surface area contributed by atoms with Gasteiger partial charge in [0.2, 0.25) is 0 Å². The van der Waals surface area contributed by atoms with Crippen LogP contribution in [0.25, 0.3) is 6.08 Å². The van der Waals surface area contributed by atoms with Crippen LogP contribution in [0.5, 0.6) is 5.75 Å². The van der Waals surface area contributed by atoms with Crippen molar-refractivity contribution in [1.82, 2.24) is 0 Å². The first kappa shape index (κ1) is 10.3. The second-order valence-corrected chi connectivity index (χ2v) is 3.09. The van der Waals surface area contributed by atoms with Gasteiger partial charge in [0.05, 0.1) is 7.11 Å². The van der Waals surface area contributed by atoms with Gasteiger partial charge < -0.3 is 4.74 Å². The molecule has 13 heavy (non-hydrogen) atoms. The summed E-state index contributed by atoms with van der Waals surface area (Å²) in [6.45, 7) is 0. The van der Waals surface area contributed by atoms with Crippen LogP contribution in [0.1, 0.15) is 5.56 Å². The van der Waals surface area contributed by atoms with Crippen molar-refractivity contribution in [3.05, 3.63) is 35.7 Å². The lowest BCUT2D eigenvalue weighted by Gasteiger charge is -2.03. The Labute approximate surface area is 85.3 Å². The van der Waals surface area contributed by atoms with Crippen LogP contribution in [0.2, 0.25) is 0 Å². The Kier molecular flexibility index (Phi) is 3.96. The van der Waals surface area contributed by atoms with E-state index in [9.17, 15) is 4.39 Å². The first-order valence-corrected chi connectivity index (χ1v) is 4.96. The van der Waals surface area contributed by atoms with Crippen LogP contribution in [0.3, 0.4) is 0 Å². The molecule has 0 saturated heterocycles. The zero-order chi connectivity index (χ0) is 9.68. The molecule has 70 valence electrons. The third-order valence-electron chi connectivity index (χ3n) is 1.58. The number of benzene rings is 1. The molecule has 3 heteroatoms. The highest BCUT2D eigenvalue weighted by atomic mass is 79.9. The van der Waals surface area contributed by atoms with Gasteiger partial charge in [-0.15, -0.1) is 0 Å². The maximum atomic E-state index is 12.7. The average Bonchev–Trinajstić information content (AvgIpc) is 2.16. The normalized spacial score (nSPS) is 10.7. The SMILES string of the molecule is COc1cc(F)ccc1C=CCBr. The fraction of sp³-hybridized carbons (Fsp3) is 0.200. The van der Waals surface area contributed by atoms with E-state index in [1.165, 1.54) is 19.2 Å². The number of ether oxygens (including phenoxy) is 1. The molecular weight excluding hydrogens is 235 g/mol. The summed E-state index contributed by atoms with van der Waals surface area (Å²) in [6.07, 6.45) is 3.81. The molecule has 0 amide bonds. The van der Waals surface area contributed by atoms with E-state index in [2.05, 4.69) is 15.9 Å². The van der Waals surface area contributed by atoms with E-state index in [4.69, 9.17) is 4.74 Å². The van der Waals surface area contributed by atoms with Gasteiger partial charge in [-0.3, -0.25) is 0 Å². The quantitative estimate of drug-likeness (QED) is 0.743. The molecule has 0 aliphatic carbocycles. The topological polar surface area (TPSA) is 9.23 Å². The lowest BCUT2D eigenvalue weighted by molar-refractivity contribution is 0.410. The summed E-state index contributed by atoms with van der Waals surface area (Å²) in [5.41, 5.74) is 0.878. The Morgan fingerprint density at radius 2 is 2.31 bits per heavy atom. The highest BCUT2D eigenvalue weighted by Gasteiger charge is 2.00. The Bertz CT molecular complexity index is 310. The predicted molar refractivity (Wildman–Crippen MR) is 55.8 cm³/mol. The zero-order valence-electron chi connectivity index (χ0n) is 7.26. The lowest BCUT2D eigenvalue weighted by atomic mass is 10.2. The molecule has 0 radical (unpaired) electrons. The van der Waals surface area contributed by atoms with E-state index in [0.29, 0.717) is 5.75 Å². The number of hydrogen-bond acceptors (Lipinski definition) is 1. The van der Waals surface area contributed by atoms with Gasteiger partial charge in [-0.1, -0.05) is 28.1 Å². The predicted octanol–water partition coefficient (Wildman–Crippen LogP) is 3.24. The largest absolute Gasteiger partial charge is 0.496 e. The number of alkyl halides is 1. The van der Waals surface area contributed by atoms with Crippen molar-refractivity contribution in [3.8, 4) is 5.75 Å². The van der Waals surface area contributed by atoms with Crippen molar-refractivity contribution in [1.29, 1.82) is 0 Å². The summed E-state index contributed by atoms with van der Waals surface area (Å²) < 4.78 is 17.8. The van der Waals surface area contributed by atoms with Crippen LogP contribution >= 0.6 is 15.9 Å². The molecule has 0 spiro atoms. The van der Waals surface area contributed by atoms with E-state index in [0.717, 1.165) is 10.9 Å². The van der Waals surface area contributed by atoms with Crippen molar-refractivity contribution in [3.63, 3.8) is 0 Å². The van der Waals surface area contributed by atoms with Gasteiger partial charge in [0.25, 0.3) is 0 Å². The van der Waals surface area contributed by atoms with E-state index < -0.39 is 0 Å². The summed E-state index contributed by atoms with van der Waals surface area (Å²) in [6, 6.07) is 4.47. The number of hydrogen-bond donors (Lipinski definition) is 0. The number of methoxy groups -OCH3 is 1. The van der Waals surface area contributed by atoms with Gasteiger partial charge in [0.1, 0.15) is 11.6 Å². The Morgan fingerprint density at radius 3 is 2.92 bits per heavy atom. The second kappa shape index (κ2) is 5.02. The van der Waals surface area contributed by atoms with Gasteiger partial charge in [-0.2, -0.15) is 0 Å². The van der Waals surface area contributed by atoms with Gasteiger partial charge in [-0.25, -0.2) is 4.39 Å². The minimum absolute atomic E-state index is 0.284. The Hall–Kier alpha value is -0.830. The molecule has 0 saturated carbocycles. The van der Waals surface area contributed by atoms with Gasteiger partial charge in [-0.05, 0) is 12.1 Å². The maximum absolute atomic E-state index is 12.7. The van der Waals surface area contributed by atoms with Crippen LogP contribution in [0.15, 0.2) is 24.3 Å². The average molecular weight is 245 g/mol. The molecule has 0 bridgehead atoms. The maximum Gasteiger partial charge on any atom is 0.128 e. The van der Waals surface area contributed by atoms with Crippen molar-refractivity contribution >= 4 is 22.0 Å². The molecule has 1 rings (SSSR count). The van der Waals surface area contributed by atoms with E-state index in [-0.39, 0.29) is 5.82 Å². The molecule has 0 heterocycles. The molecular formula is C10H10BrFO. The number of allylic oxidation sites excluding steroid dienone is 1. The summed E-state index contributed by atoms with van der Waals surface area (Å²) in [5.74, 6) is 0.269. The van der Waals surface area contributed by atoms with E-state index in [1.54, 1.807) is 6.07 Å². The molecule has 1 aromatic carbocycles. The van der Waals surface area contributed by atoms with Crippen LogP contribution < -0.4 is 4.74 Å². The van der Waals surface area contributed by atoms with E-state index >= 15 is 0 Å². The molecule has 1 nitrogen and oxygen atoms in total. The third kappa shape index (κ3) is 2.84. The van der Waals surface area contributed by atoms with Crippen molar-refractivity contribution in [2.24, 2.45) is 0 Å². The summed E-state index contributed by atoms with van der Waals surface area (Å²) in [7, 11) is 1.53. The molecule has 0 aliphatic heterocycles. The first-order chi connectivity index (χ1) is 6.27. The van der Waals surface area contributed by atoms with Gasteiger partial charge in [0, 0.05) is 17.0 Å². The van der Waals surface area contributed by atoms with Crippen LogP contribution in [0.4, 0.5) is 4.39 Å². The fourth-order valence-electron chi connectivity index (χ4n) is 0.994. The monoisotopic (exact) mass is 244 g/mol. The second-order valence-electron chi connectivity index (χ2n) is 2.44. The molecule has 0 unspecified atom stereocenters. The zero-order valence-corrected chi connectivity index (χ0v) is 8.84. The molecule has 0 N–H and O–H groups in total. The van der Waals surface area contributed by atoms with Gasteiger partial charge in [0.15, 0.2) is 0 Å². The highest BCUT2D eigenvalue weighted by molar-refractivity contribution is 9.09. The smallest absolute Gasteiger partial charge is 0.128 e. The molecule has 0 aliphatic rings. The standard InChI is InChI=1S/C10H10BrFO/c1-13-10-7-9(12)5-4-8(10)3-2-6-11/h2-5,7H,6H2,1H3. The van der Waals surface area contributed by atoms with Crippen LogP contribution in [-0.4, -0.2) is 12.4 Å². The highest BCUT2D eigenvalue weighted by Crippen LogP contribution is 2.20. The fourth-order valence-corrected chi connectivity index (χ4v) is 1.18. The van der Waals surface area contributed by atoms with Crippen molar-refractivity contribution in [2.75, 3.05) is 12.4 Å². The van der Waals surface area contributed by atoms with Crippen LogP contribution in [-0.2, 0) is 0 Å². The van der Waals surface area contributed by atoms with E-state index in [1.807, 2.05) is 12.2 Å². The summed E-state index contributed by atoms with van der Waals surface area (Å²) >= 11 is 3.27. The first-order valence-electron chi connectivity index (χ1n) is 3.84. The number of rotatable bonds is 3. The minimum atomic E-state index is -0.284. The van der Waals surface area contributed by atoms with Crippen molar-refractivity contribution in [2.45, 2.75) is 0 Å². The molecule has 0 atom stereocenters. The van der Waals surface area contributed by atoms with Crippen molar-refractivity contribution < 1.29 is 9.13 Å². The number of halogens is 2. The minimum Gasteiger partial charge on any atom is -0.496 e. The summed E-state index contributed by atoms with van der Waals surface area (Å²) in [4.78, 5) is 0. The Morgan fingerprint density at radius 1 is 1.54 bits per heavy atom. The third-order valence-corrected chi connectivity index (χ3v) is 1.96. The van der Waals surface area contributed by atoms with Crippen LogP contribution in [0, 0.1) is 5.82 Å². The molecule has 0 fully saturated rings.